The van der Waals surface area contributed by atoms with Gasteiger partial charge in [-0.1, -0.05) is 31.5 Å². The van der Waals surface area contributed by atoms with Crippen LogP contribution in [0.5, 0.6) is 0 Å². The molecule has 2 rings (SSSR count). The van der Waals surface area contributed by atoms with Gasteiger partial charge >= 0.3 is 0 Å². The highest BCUT2D eigenvalue weighted by Gasteiger charge is 2.41. The van der Waals surface area contributed by atoms with E-state index >= 15 is 0 Å². The van der Waals surface area contributed by atoms with Crippen LogP contribution in [-0.4, -0.2) is 6.54 Å². The lowest BCUT2D eigenvalue weighted by Crippen LogP contribution is -2.26. The van der Waals surface area contributed by atoms with E-state index in [4.69, 9.17) is 0 Å². The van der Waals surface area contributed by atoms with Crippen LogP contribution in [0.4, 0.5) is 0 Å². The lowest BCUT2D eigenvalue weighted by molar-refractivity contribution is 0.397. The third-order valence-corrected chi connectivity index (χ3v) is 4.55. The van der Waals surface area contributed by atoms with Crippen LogP contribution in [0.2, 0.25) is 0 Å². The van der Waals surface area contributed by atoms with Gasteiger partial charge < -0.3 is 5.32 Å². The summed E-state index contributed by atoms with van der Waals surface area (Å²) in [6.07, 6.45) is 5.56. The Labute approximate surface area is 112 Å². The first-order chi connectivity index (χ1) is 8.56. The molecule has 1 aliphatic rings. The molecule has 0 aliphatic heterocycles. The van der Waals surface area contributed by atoms with Gasteiger partial charge in [-0.25, -0.2) is 0 Å². The van der Waals surface area contributed by atoms with Crippen molar-refractivity contribution in [2.24, 2.45) is 5.41 Å². The minimum Gasteiger partial charge on any atom is -0.310 e. The summed E-state index contributed by atoms with van der Waals surface area (Å²) in [6, 6.07) is 7.30. The summed E-state index contributed by atoms with van der Waals surface area (Å²) in [5.74, 6) is 0. The fraction of sp³-hybridized carbons (Fsp3) is 0.647. The van der Waals surface area contributed by atoms with Crippen LogP contribution in [0.1, 0.15) is 62.3 Å². The average Bonchev–Trinajstić information content (AvgIpc) is 3.11. The van der Waals surface area contributed by atoms with Crippen molar-refractivity contribution in [3.8, 4) is 0 Å². The van der Waals surface area contributed by atoms with E-state index in [1.54, 1.807) is 0 Å². The van der Waals surface area contributed by atoms with Gasteiger partial charge in [-0.05, 0) is 62.1 Å². The van der Waals surface area contributed by atoms with Crippen LogP contribution < -0.4 is 5.32 Å². The van der Waals surface area contributed by atoms with E-state index in [1.807, 2.05) is 0 Å². The molecule has 1 aromatic carbocycles. The lowest BCUT2D eigenvalue weighted by Gasteiger charge is -2.20. The van der Waals surface area contributed by atoms with Crippen molar-refractivity contribution in [1.29, 1.82) is 0 Å². The summed E-state index contributed by atoms with van der Waals surface area (Å²) < 4.78 is 0. The van der Waals surface area contributed by atoms with Gasteiger partial charge in [-0.15, -0.1) is 0 Å². The Morgan fingerprint density at radius 1 is 1.22 bits per heavy atom. The highest BCUT2D eigenvalue weighted by Crippen LogP contribution is 2.49. The van der Waals surface area contributed by atoms with Gasteiger partial charge in [0.25, 0.3) is 0 Å². The van der Waals surface area contributed by atoms with Crippen molar-refractivity contribution >= 4 is 0 Å². The predicted octanol–water partition coefficient (Wildman–Crippen LogP) is 4.53. The maximum Gasteiger partial charge on any atom is 0.0292 e. The molecule has 0 amide bonds. The normalized spacial score (nSPS) is 18.7. The summed E-state index contributed by atoms with van der Waals surface area (Å²) in [7, 11) is 0. The van der Waals surface area contributed by atoms with Crippen LogP contribution in [0, 0.1) is 19.3 Å². The van der Waals surface area contributed by atoms with Crippen LogP contribution >= 0.6 is 0 Å². The summed E-state index contributed by atoms with van der Waals surface area (Å²) >= 11 is 0. The fourth-order valence-electron chi connectivity index (χ4n) is 2.74. The number of aryl methyl sites for hydroxylation is 2. The van der Waals surface area contributed by atoms with E-state index in [1.165, 1.54) is 48.9 Å². The Hall–Kier alpha value is -0.820. The van der Waals surface area contributed by atoms with E-state index in [-0.39, 0.29) is 0 Å². The van der Waals surface area contributed by atoms with E-state index < -0.39 is 0 Å². The minimum atomic E-state index is 0.471. The van der Waals surface area contributed by atoms with Gasteiger partial charge in [0, 0.05) is 12.6 Å². The first kappa shape index (κ1) is 13.6. The molecule has 0 heterocycles. The third kappa shape index (κ3) is 3.14. The molecule has 0 radical (unpaired) electrons. The second-order valence-corrected chi connectivity index (χ2v) is 6.20. The van der Waals surface area contributed by atoms with Gasteiger partial charge in [0.05, 0.1) is 0 Å². The molecule has 1 saturated carbocycles. The molecule has 0 saturated heterocycles. The molecule has 18 heavy (non-hydrogen) atoms. The number of hydrogen-bond donors (Lipinski definition) is 1. The summed E-state index contributed by atoms with van der Waals surface area (Å²) in [5.41, 5.74) is 4.85. The predicted molar refractivity (Wildman–Crippen MR) is 78.9 cm³/mol. The molecular formula is C17H27N. The fourth-order valence-corrected chi connectivity index (χ4v) is 2.74. The summed E-state index contributed by atoms with van der Waals surface area (Å²) in [6.45, 7) is 10.1. The zero-order valence-corrected chi connectivity index (χ0v) is 12.3. The SMILES string of the molecule is CCCC1(CNC(C)c2ccc(C)c(C)c2)CC1. The molecule has 0 aromatic heterocycles. The van der Waals surface area contributed by atoms with Gasteiger partial charge in [0.1, 0.15) is 0 Å². The van der Waals surface area contributed by atoms with Gasteiger partial charge in [-0.2, -0.15) is 0 Å². The molecule has 100 valence electrons. The van der Waals surface area contributed by atoms with Crippen molar-refractivity contribution in [1.82, 2.24) is 5.32 Å². The van der Waals surface area contributed by atoms with Crippen molar-refractivity contribution in [2.45, 2.75) is 59.4 Å². The molecule has 1 heteroatoms. The summed E-state index contributed by atoms with van der Waals surface area (Å²) in [5, 5.41) is 3.73. The first-order valence-electron chi connectivity index (χ1n) is 7.37. The minimum absolute atomic E-state index is 0.471. The maximum absolute atomic E-state index is 3.73. The van der Waals surface area contributed by atoms with Gasteiger partial charge in [0.2, 0.25) is 0 Å². The Morgan fingerprint density at radius 2 is 1.94 bits per heavy atom. The summed E-state index contributed by atoms with van der Waals surface area (Å²) in [4.78, 5) is 0. The molecule has 0 bridgehead atoms. The highest BCUT2D eigenvalue weighted by molar-refractivity contribution is 5.31. The standard InChI is InChI=1S/C17H27N/c1-5-8-17(9-10-17)12-18-15(4)16-7-6-13(2)14(3)11-16/h6-7,11,15,18H,5,8-10,12H2,1-4H3. The molecule has 1 aliphatic carbocycles. The molecule has 1 nitrogen and oxygen atoms in total. The van der Waals surface area contributed by atoms with Gasteiger partial charge in [-0.3, -0.25) is 0 Å². The topological polar surface area (TPSA) is 12.0 Å². The Morgan fingerprint density at radius 3 is 2.50 bits per heavy atom. The third-order valence-electron chi connectivity index (χ3n) is 4.55. The first-order valence-corrected chi connectivity index (χ1v) is 7.37. The molecule has 1 unspecified atom stereocenters. The molecule has 1 aromatic rings. The van der Waals surface area contributed by atoms with Crippen molar-refractivity contribution < 1.29 is 0 Å². The van der Waals surface area contributed by atoms with E-state index in [0.717, 1.165) is 0 Å². The molecule has 0 spiro atoms. The van der Waals surface area contributed by atoms with Crippen molar-refractivity contribution in [3.63, 3.8) is 0 Å². The maximum atomic E-state index is 3.73. The quantitative estimate of drug-likeness (QED) is 0.776. The van der Waals surface area contributed by atoms with Crippen LogP contribution in [0.3, 0.4) is 0 Å². The average molecular weight is 245 g/mol. The van der Waals surface area contributed by atoms with Crippen LogP contribution in [0.25, 0.3) is 0 Å². The van der Waals surface area contributed by atoms with Crippen molar-refractivity contribution in [2.75, 3.05) is 6.54 Å². The molecular weight excluding hydrogens is 218 g/mol. The second-order valence-electron chi connectivity index (χ2n) is 6.20. The van der Waals surface area contributed by atoms with Crippen LogP contribution in [-0.2, 0) is 0 Å². The largest absolute Gasteiger partial charge is 0.310 e. The molecule has 1 N–H and O–H groups in total. The Kier molecular flexibility index (Phi) is 4.11. The zero-order chi connectivity index (χ0) is 13.2. The zero-order valence-electron chi connectivity index (χ0n) is 12.3. The molecule has 1 fully saturated rings. The van der Waals surface area contributed by atoms with Gasteiger partial charge in [0.15, 0.2) is 0 Å². The molecule has 1 atom stereocenters. The van der Waals surface area contributed by atoms with Crippen LogP contribution in [0.15, 0.2) is 18.2 Å². The van der Waals surface area contributed by atoms with Crippen molar-refractivity contribution in [3.05, 3.63) is 34.9 Å². The number of rotatable bonds is 6. The number of benzene rings is 1. The van der Waals surface area contributed by atoms with E-state index in [2.05, 4.69) is 51.2 Å². The highest BCUT2D eigenvalue weighted by atomic mass is 14.9. The van der Waals surface area contributed by atoms with E-state index in [9.17, 15) is 0 Å². The Balaban J connectivity index is 1.91. The second kappa shape index (κ2) is 5.44. The Bertz CT molecular complexity index is 404. The van der Waals surface area contributed by atoms with E-state index in [0.29, 0.717) is 11.5 Å². The monoisotopic (exact) mass is 245 g/mol. The number of nitrogens with one attached hydrogen (secondary N) is 1. The smallest absolute Gasteiger partial charge is 0.0292 e. The lowest BCUT2D eigenvalue weighted by atomic mass is 9.98. The number of hydrogen-bond acceptors (Lipinski definition) is 1.